The van der Waals surface area contributed by atoms with E-state index in [0.29, 0.717) is 16.5 Å². The van der Waals surface area contributed by atoms with Crippen LogP contribution in [0.3, 0.4) is 0 Å². The van der Waals surface area contributed by atoms with Gasteiger partial charge >= 0.3 is 0 Å². The van der Waals surface area contributed by atoms with Gasteiger partial charge in [0.2, 0.25) is 5.91 Å². The summed E-state index contributed by atoms with van der Waals surface area (Å²) < 4.78 is 0. The standard InChI is InChI=1S/C17H23ClN2O2/c1-19-12-13-8-10-20(11-9-13)17(22)7-6-16(21)14-2-4-15(18)5-3-14/h2-5,13,19H,6-12H2,1H3. The van der Waals surface area contributed by atoms with Crippen molar-refractivity contribution >= 4 is 23.3 Å². The fraction of sp³-hybridized carbons (Fsp3) is 0.529. The number of ketones is 1. The Hall–Kier alpha value is -1.39. The molecule has 1 heterocycles. The number of rotatable bonds is 6. The van der Waals surface area contributed by atoms with Crippen LogP contribution >= 0.6 is 11.6 Å². The van der Waals surface area contributed by atoms with E-state index in [1.165, 1.54) is 0 Å². The lowest BCUT2D eigenvalue weighted by Crippen LogP contribution is -2.40. The summed E-state index contributed by atoms with van der Waals surface area (Å²) in [7, 11) is 1.96. The van der Waals surface area contributed by atoms with Crippen molar-refractivity contribution in [1.29, 1.82) is 0 Å². The molecule has 4 nitrogen and oxygen atoms in total. The third-order valence-corrected chi connectivity index (χ3v) is 4.44. The number of piperidine rings is 1. The molecule has 0 bridgehead atoms. The number of nitrogens with one attached hydrogen (secondary N) is 1. The topological polar surface area (TPSA) is 49.4 Å². The highest BCUT2D eigenvalue weighted by Crippen LogP contribution is 2.18. The van der Waals surface area contributed by atoms with E-state index in [1.54, 1.807) is 24.3 Å². The zero-order valence-electron chi connectivity index (χ0n) is 13.0. The molecule has 5 heteroatoms. The fourth-order valence-electron chi connectivity index (χ4n) is 2.83. The molecule has 0 atom stereocenters. The molecule has 0 radical (unpaired) electrons. The third-order valence-electron chi connectivity index (χ3n) is 4.19. The summed E-state index contributed by atoms with van der Waals surface area (Å²) in [6.45, 7) is 2.62. The van der Waals surface area contributed by atoms with Crippen molar-refractivity contribution in [2.45, 2.75) is 25.7 Å². The van der Waals surface area contributed by atoms with E-state index in [-0.39, 0.29) is 24.5 Å². The number of carbonyl (C=O) groups excluding carboxylic acids is 2. The predicted octanol–water partition coefficient (Wildman–Crippen LogP) is 2.76. The van der Waals surface area contributed by atoms with Crippen LogP contribution in [-0.4, -0.2) is 43.3 Å². The van der Waals surface area contributed by atoms with Gasteiger partial charge in [0.1, 0.15) is 0 Å². The Morgan fingerprint density at radius 2 is 1.82 bits per heavy atom. The SMILES string of the molecule is CNCC1CCN(C(=O)CCC(=O)c2ccc(Cl)cc2)CC1. The summed E-state index contributed by atoms with van der Waals surface area (Å²) in [5.41, 5.74) is 0.616. The van der Waals surface area contributed by atoms with Gasteiger partial charge in [-0.15, -0.1) is 0 Å². The van der Waals surface area contributed by atoms with Gasteiger partial charge in [-0.05, 0) is 56.6 Å². The second kappa shape index (κ2) is 8.30. The monoisotopic (exact) mass is 322 g/mol. The van der Waals surface area contributed by atoms with Crippen LogP contribution in [-0.2, 0) is 4.79 Å². The Balaban J connectivity index is 1.76. The molecule has 1 aliphatic rings. The fourth-order valence-corrected chi connectivity index (χ4v) is 2.96. The summed E-state index contributed by atoms with van der Waals surface area (Å²) >= 11 is 5.80. The van der Waals surface area contributed by atoms with Crippen LogP contribution in [0.25, 0.3) is 0 Å². The number of likely N-dealkylation sites (tertiary alicyclic amines) is 1. The summed E-state index contributed by atoms with van der Waals surface area (Å²) in [4.78, 5) is 26.1. The van der Waals surface area contributed by atoms with Crippen molar-refractivity contribution < 1.29 is 9.59 Å². The Kier molecular flexibility index (Phi) is 6.40. The minimum absolute atomic E-state index is 0.00455. The molecule has 1 aromatic rings. The van der Waals surface area contributed by atoms with Gasteiger partial charge in [0.05, 0.1) is 0 Å². The minimum Gasteiger partial charge on any atom is -0.343 e. The molecule has 1 aliphatic heterocycles. The zero-order chi connectivity index (χ0) is 15.9. The van der Waals surface area contributed by atoms with Gasteiger partial charge in [0, 0.05) is 36.5 Å². The Morgan fingerprint density at radius 3 is 2.41 bits per heavy atom. The van der Waals surface area contributed by atoms with E-state index in [1.807, 2.05) is 11.9 Å². The maximum atomic E-state index is 12.2. The number of Topliss-reactive ketones (excluding diaryl/α,β-unsaturated/α-hetero) is 1. The van der Waals surface area contributed by atoms with Crippen molar-refractivity contribution in [3.63, 3.8) is 0 Å². The number of nitrogens with zero attached hydrogens (tertiary/aromatic N) is 1. The number of hydrogen-bond acceptors (Lipinski definition) is 3. The van der Waals surface area contributed by atoms with Crippen molar-refractivity contribution in [3.8, 4) is 0 Å². The van der Waals surface area contributed by atoms with Crippen LogP contribution in [0, 0.1) is 5.92 Å². The van der Waals surface area contributed by atoms with Crippen LogP contribution < -0.4 is 5.32 Å². The number of carbonyl (C=O) groups is 2. The normalized spacial score (nSPS) is 15.8. The van der Waals surface area contributed by atoms with Gasteiger partial charge in [-0.2, -0.15) is 0 Å². The second-order valence-corrected chi connectivity index (χ2v) is 6.25. The smallest absolute Gasteiger partial charge is 0.223 e. The molecule has 0 saturated carbocycles. The summed E-state index contributed by atoms with van der Waals surface area (Å²) in [6.07, 6.45) is 2.63. The van der Waals surface area contributed by atoms with Gasteiger partial charge in [-0.1, -0.05) is 11.6 Å². The van der Waals surface area contributed by atoms with E-state index in [0.717, 1.165) is 32.5 Å². The van der Waals surface area contributed by atoms with Crippen molar-refractivity contribution in [2.75, 3.05) is 26.7 Å². The first-order chi connectivity index (χ1) is 10.6. The van der Waals surface area contributed by atoms with Crippen LogP contribution in [0.2, 0.25) is 5.02 Å². The first-order valence-corrected chi connectivity index (χ1v) is 8.19. The number of hydrogen-bond donors (Lipinski definition) is 1. The Labute approximate surface area is 136 Å². The predicted molar refractivity (Wildman–Crippen MR) is 88.2 cm³/mol. The molecule has 22 heavy (non-hydrogen) atoms. The lowest BCUT2D eigenvalue weighted by atomic mass is 9.96. The number of benzene rings is 1. The van der Waals surface area contributed by atoms with Gasteiger partial charge in [-0.3, -0.25) is 9.59 Å². The van der Waals surface area contributed by atoms with Gasteiger partial charge in [-0.25, -0.2) is 0 Å². The molecular formula is C17H23ClN2O2. The molecule has 1 amide bonds. The van der Waals surface area contributed by atoms with Crippen LogP contribution in [0.4, 0.5) is 0 Å². The van der Waals surface area contributed by atoms with Gasteiger partial charge < -0.3 is 10.2 Å². The lowest BCUT2D eigenvalue weighted by Gasteiger charge is -2.32. The largest absolute Gasteiger partial charge is 0.343 e. The molecule has 1 saturated heterocycles. The van der Waals surface area contributed by atoms with Gasteiger partial charge in [0.25, 0.3) is 0 Å². The van der Waals surface area contributed by atoms with Crippen LogP contribution in [0.15, 0.2) is 24.3 Å². The van der Waals surface area contributed by atoms with Crippen LogP contribution in [0.5, 0.6) is 0 Å². The molecule has 1 aromatic carbocycles. The second-order valence-electron chi connectivity index (χ2n) is 5.81. The summed E-state index contributed by atoms with van der Waals surface area (Å²) in [6, 6.07) is 6.81. The van der Waals surface area contributed by atoms with Crippen molar-refractivity contribution in [1.82, 2.24) is 10.2 Å². The van der Waals surface area contributed by atoms with E-state index in [9.17, 15) is 9.59 Å². The molecule has 0 aromatic heterocycles. The summed E-state index contributed by atoms with van der Waals surface area (Å²) in [5, 5.41) is 3.79. The lowest BCUT2D eigenvalue weighted by molar-refractivity contribution is -0.132. The number of amides is 1. The zero-order valence-corrected chi connectivity index (χ0v) is 13.7. The Morgan fingerprint density at radius 1 is 1.18 bits per heavy atom. The average molecular weight is 323 g/mol. The molecule has 0 spiro atoms. The summed E-state index contributed by atoms with van der Waals surface area (Å²) in [5.74, 6) is 0.741. The first kappa shape index (κ1) is 17.0. The van der Waals surface area contributed by atoms with Gasteiger partial charge in [0.15, 0.2) is 5.78 Å². The molecule has 1 fully saturated rings. The maximum Gasteiger partial charge on any atom is 0.223 e. The van der Waals surface area contributed by atoms with E-state index in [4.69, 9.17) is 11.6 Å². The third kappa shape index (κ3) is 4.82. The maximum absolute atomic E-state index is 12.2. The van der Waals surface area contributed by atoms with E-state index in [2.05, 4.69) is 5.32 Å². The molecule has 120 valence electrons. The highest BCUT2D eigenvalue weighted by atomic mass is 35.5. The van der Waals surface area contributed by atoms with Crippen LogP contribution in [0.1, 0.15) is 36.0 Å². The van der Waals surface area contributed by atoms with E-state index < -0.39 is 0 Å². The minimum atomic E-state index is -0.00455. The highest BCUT2D eigenvalue weighted by Gasteiger charge is 2.22. The molecule has 2 rings (SSSR count). The molecule has 0 aliphatic carbocycles. The van der Waals surface area contributed by atoms with E-state index >= 15 is 0 Å². The average Bonchev–Trinajstić information content (AvgIpc) is 2.54. The molecule has 0 unspecified atom stereocenters. The van der Waals surface area contributed by atoms with Crippen molar-refractivity contribution in [2.24, 2.45) is 5.92 Å². The molecule has 1 N–H and O–H groups in total. The highest BCUT2D eigenvalue weighted by molar-refractivity contribution is 6.30. The Bertz CT molecular complexity index is 508. The first-order valence-electron chi connectivity index (χ1n) is 7.81. The number of halogens is 1. The molecular weight excluding hydrogens is 300 g/mol. The van der Waals surface area contributed by atoms with Crippen molar-refractivity contribution in [3.05, 3.63) is 34.9 Å². The quantitative estimate of drug-likeness (QED) is 0.819.